The number of urea groups is 1. The van der Waals surface area contributed by atoms with E-state index in [1.807, 2.05) is 9.80 Å². The molecule has 0 unspecified atom stereocenters. The Labute approximate surface area is 150 Å². The van der Waals surface area contributed by atoms with Gasteiger partial charge in [0.25, 0.3) is 5.91 Å². The van der Waals surface area contributed by atoms with Crippen LogP contribution in [0.15, 0.2) is 18.2 Å². The number of imidazole rings is 1. The van der Waals surface area contributed by atoms with Gasteiger partial charge in [0.1, 0.15) is 5.82 Å². The molecule has 0 aliphatic carbocycles. The van der Waals surface area contributed by atoms with Crippen LogP contribution in [0.4, 0.5) is 9.18 Å². The van der Waals surface area contributed by atoms with E-state index in [4.69, 9.17) is 0 Å². The predicted molar refractivity (Wildman–Crippen MR) is 94.3 cm³/mol. The molecule has 138 valence electrons. The number of nitrogens with one attached hydrogen (secondary N) is 1. The molecular weight excluding hydrogens is 337 g/mol. The lowest BCUT2D eigenvalue weighted by atomic mass is 9.95. The number of benzene rings is 1. The van der Waals surface area contributed by atoms with Crippen molar-refractivity contribution in [3.05, 3.63) is 29.8 Å². The third-order valence-corrected chi connectivity index (χ3v) is 5.27. The zero-order chi connectivity index (χ0) is 18.4. The largest absolute Gasteiger partial charge is 0.334 e. The summed E-state index contributed by atoms with van der Waals surface area (Å²) in [4.78, 5) is 37.9. The van der Waals surface area contributed by atoms with E-state index in [-0.39, 0.29) is 35.5 Å². The van der Waals surface area contributed by atoms with E-state index in [2.05, 4.69) is 9.97 Å². The fourth-order valence-electron chi connectivity index (χ4n) is 3.99. The highest BCUT2D eigenvalue weighted by Gasteiger charge is 2.39. The van der Waals surface area contributed by atoms with E-state index in [1.165, 1.54) is 12.1 Å². The van der Waals surface area contributed by atoms with Crippen LogP contribution in [0.25, 0.3) is 11.0 Å². The van der Waals surface area contributed by atoms with Gasteiger partial charge in [-0.15, -0.1) is 0 Å². The molecule has 2 atom stereocenters. The number of hydrogen-bond donors (Lipinski definition) is 1. The summed E-state index contributed by atoms with van der Waals surface area (Å²) >= 11 is 0. The Kier molecular flexibility index (Phi) is 4.05. The molecule has 1 aromatic carbocycles. The second-order valence-electron chi connectivity index (χ2n) is 7.38. The number of carbonyl (C=O) groups excluding carboxylic acids is 2. The molecule has 26 heavy (non-hydrogen) atoms. The van der Waals surface area contributed by atoms with E-state index < -0.39 is 0 Å². The van der Waals surface area contributed by atoms with Gasteiger partial charge in [-0.1, -0.05) is 0 Å². The van der Waals surface area contributed by atoms with E-state index in [0.29, 0.717) is 30.7 Å². The van der Waals surface area contributed by atoms with Crippen LogP contribution in [0.5, 0.6) is 0 Å². The van der Waals surface area contributed by atoms with E-state index in [1.54, 1.807) is 25.1 Å². The first-order chi connectivity index (χ1) is 12.4. The van der Waals surface area contributed by atoms with Gasteiger partial charge in [-0.2, -0.15) is 0 Å². The van der Waals surface area contributed by atoms with Gasteiger partial charge in [0.2, 0.25) is 0 Å². The van der Waals surface area contributed by atoms with Gasteiger partial charge in [-0.05, 0) is 37.0 Å². The van der Waals surface area contributed by atoms with Gasteiger partial charge in [0.05, 0.1) is 11.0 Å². The molecule has 1 N–H and O–H groups in total. The molecule has 3 saturated heterocycles. The summed E-state index contributed by atoms with van der Waals surface area (Å²) < 4.78 is 13.4. The summed E-state index contributed by atoms with van der Waals surface area (Å²) in [5, 5.41) is 0. The number of aromatic amines is 1. The number of fused-ring (bicyclic) bond motifs is 5. The number of amides is 3. The Morgan fingerprint density at radius 2 is 2.04 bits per heavy atom. The van der Waals surface area contributed by atoms with Crippen LogP contribution in [-0.2, 0) is 0 Å². The molecule has 7 nitrogen and oxygen atoms in total. The maximum atomic E-state index is 13.4. The third kappa shape index (κ3) is 2.89. The maximum Gasteiger partial charge on any atom is 0.319 e. The summed E-state index contributed by atoms with van der Waals surface area (Å²) in [7, 11) is 3.48. The topological polar surface area (TPSA) is 72.5 Å². The molecule has 0 radical (unpaired) electrons. The lowest BCUT2D eigenvalue weighted by Crippen LogP contribution is -2.48. The quantitative estimate of drug-likeness (QED) is 0.845. The Bertz CT molecular complexity index is 864. The van der Waals surface area contributed by atoms with Crippen molar-refractivity contribution in [2.24, 2.45) is 5.92 Å². The number of nitrogens with zero attached hydrogens (tertiary/aromatic N) is 4. The maximum absolute atomic E-state index is 13.4. The number of rotatable bonds is 1. The number of carbonyl (C=O) groups is 2. The second kappa shape index (κ2) is 6.26. The zero-order valence-electron chi connectivity index (χ0n) is 14.9. The fourth-order valence-corrected chi connectivity index (χ4v) is 3.99. The molecule has 5 rings (SSSR count). The lowest BCUT2D eigenvalue weighted by Gasteiger charge is -2.35. The summed E-state index contributed by atoms with van der Waals surface area (Å²) in [5.41, 5.74) is 1.08. The van der Waals surface area contributed by atoms with Gasteiger partial charge in [0.15, 0.2) is 5.82 Å². The fraction of sp³-hybridized carbons (Fsp3) is 0.500. The summed E-state index contributed by atoms with van der Waals surface area (Å²) in [5.74, 6) is -0.0608. The van der Waals surface area contributed by atoms with Crippen molar-refractivity contribution >= 4 is 23.0 Å². The average Bonchev–Trinajstić information content (AvgIpc) is 2.81. The van der Waals surface area contributed by atoms with Crippen molar-refractivity contribution in [3.8, 4) is 0 Å². The predicted octanol–water partition coefficient (Wildman–Crippen LogP) is 1.92. The van der Waals surface area contributed by atoms with E-state index in [9.17, 15) is 14.0 Å². The minimum absolute atomic E-state index is 0.0181. The van der Waals surface area contributed by atoms with Gasteiger partial charge in [-0.25, -0.2) is 14.2 Å². The van der Waals surface area contributed by atoms with Crippen molar-refractivity contribution in [3.63, 3.8) is 0 Å². The average molecular weight is 359 g/mol. The molecule has 3 aliphatic heterocycles. The molecule has 3 aliphatic rings. The molecule has 4 heterocycles. The molecule has 3 fully saturated rings. The standard InChI is InChI=1S/C18H22FN5O2/c1-22(2)18(26)23-8-11-3-5-13(10-23)24(9-11)17(25)16-20-14-6-4-12(19)7-15(14)21-16/h4,6-7,11,13H,3,5,8-10H2,1-2H3,(H,20,21)/t11-,13+/m1/s1. The molecule has 2 bridgehead atoms. The minimum Gasteiger partial charge on any atom is -0.334 e. The highest BCUT2D eigenvalue weighted by atomic mass is 19.1. The zero-order valence-corrected chi connectivity index (χ0v) is 14.9. The van der Waals surface area contributed by atoms with E-state index >= 15 is 0 Å². The molecule has 8 heteroatoms. The number of halogens is 1. The third-order valence-electron chi connectivity index (χ3n) is 5.27. The van der Waals surface area contributed by atoms with Crippen LogP contribution < -0.4 is 0 Å². The lowest BCUT2D eigenvalue weighted by molar-refractivity contribution is 0.0574. The molecule has 2 aromatic rings. The number of H-pyrrole nitrogens is 1. The van der Waals surface area contributed by atoms with Crippen molar-refractivity contribution in [1.82, 2.24) is 24.7 Å². The van der Waals surface area contributed by atoms with Crippen molar-refractivity contribution < 1.29 is 14.0 Å². The van der Waals surface area contributed by atoms with Crippen molar-refractivity contribution in [2.45, 2.75) is 18.9 Å². The minimum atomic E-state index is -0.369. The highest BCUT2D eigenvalue weighted by molar-refractivity contribution is 5.94. The Morgan fingerprint density at radius 3 is 2.81 bits per heavy atom. The molecular formula is C18H22FN5O2. The first-order valence-electron chi connectivity index (χ1n) is 8.85. The number of piperidine rings is 1. The highest BCUT2D eigenvalue weighted by Crippen LogP contribution is 2.29. The Balaban J connectivity index is 1.59. The van der Waals surface area contributed by atoms with Crippen molar-refractivity contribution in [2.75, 3.05) is 33.7 Å². The summed E-state index contributed by atoms with van der Waals surface area (Å²) in [6, 6.07) is 4.19. The SMILES string of the molecule is CN(C)C(=O)N1C[C@H]2CC[C@@H](C1)N(C(=O)c1nc3ccc(F)cc3[nH]1)C2. The van der Waals surface area contributed by atoms with Crippen LogP contribution in [0.2, 0.25) is 0 Å². The second-order valence-corrected chi connectivity index (χ2v) is 7.38. The normalized spacial score (nSPS) is 22.6. The Morgan fingerprint density at radius 1 is 1.23 bits per heavy atom. The van der Waals surface area contributed by atoms with Crippen LogP contribution in [0.1, 0.15) is 23.5 Å². The summed E-state index contributed by atoms with van der Waals surface area (Å²) in [6.45, 7) is 1.82. The van der Waals surface area contributed by atoms with Gasteiger partial charge < -0.3 is 19.7 Å². The van der Waals surface area contributed by atoms with Gasteiger partial charge >= 0.3 is 6.03 Å². The molecule has 3 amide bonds. The first kappa shape index (κ1) is 16.8. The van der Waals surface area contributed by atoms with Gasteiger partial charge in [0, 0.05) is 39.8 Å². The van der Waals surface area contributed by atoms with E-state index in [0.717, 1.165) is 12.8 Å². The van der Waals surface area contributed by atoms with Crippen LogP contribution in [0, 0.1) is 11.7 Å². The number of hydrogen-bond acceptors (Lipinski definition) is 3. The van der Waals surface area contributed by atoms with Crippen LogP contribution in [-0.4, -0.2) is 76.4 Å². The van der Waals surface area contributed by atoms with Crippen molar-refractivity contribution in [1.29, 1.82) is 0 Å². The van der Waals surface area contributed by atoms with Gasteiger partial charge in [-0.3, -0.25) is 4.79 Å². The molecule has 0 spiro atoms. The molecule has 1 aromatic heterocycles. The monoisotopic (exact) mass is 359 g/mol. The van der Waals surface area contributed by atoms with Crippen LogP contribution in [0.3, 0.4) is 0 Å². The summed E-state index contributed by atoms with van der Waals surface area (Å²) in [6.07, 6.45) is 1.89. The smallest absolute Gasteiger partial charge is 0.319 e. The first-order valence-corrected chi connectivity index (χ1v) is 8.85. The number of aromatic nitrogens is 2. The Hall–Kier alpha value is -2.64. The van der Waals surface area contributed by atoms with Crippen LogP contribution >= 0.6 is 0 Å². The molecule has 0 saturated carbocycles.